The lowest BCUT2D eigenvalue weighted by molar-refractivity contribution is 0.423. The van der Waals surface area contributed by atoms with Gasteiger partial charge in [-0.15, -0.1) is 0 Å². The van der Waals surface area contributed by atoms with Crippen molar-refractivity contribution in [3.05, 3.63) is 36.5 Å². The molecule has 4 heteroatoms. The van der Waals surface area contributed by atoms with Crippen LogP contribution < -0.4 is 5.59 Å². The third kappa shape index (κ3) is 1.01. The van der Waals surface area contributed by atoms with E-state index < -0.39 is 7.12 Å². The molecule has 0 aliphatic carbocycles. The van der Waals surface area contributed by atoms with Gasteiger partial charge in [0, 0.05) is 11.7 Å². The van der Waals surface area contributed by atoms with Crippen LogP contribution >= 0.6 is 0 Å². The Kier molecular flexibility index (Phi) is 1.64. The molecule has 0 saturated carbocycles. The van der Waals surface area contributed by atoms with Gasteiger partial charge in [0.05, 0.1) is 5.59 Å². The lowest BCUT2D eigenvalue weighted by Crippen LogP contribution is -2.34. The second-order valence-corrected chi connectivity index (χ2v) is 2.63. The molecule has 3 nitrogen and oxygen atoms in total. The number of fused-ring (bicyclic) bond motifs is 1. The molecule has 2 rings (SSSR count). The SMILES string of the molecule is OB(O)c1cccc2cccn12. The summed E-state index contributed by atoms with van der Waals surface area (Å²) in [6.45, 7) is 0. The first-order valence-electron chi connectivity index (χ1n) is 3.71. The van der Waals surface area contributed by atoms with Gasteiger partial charge in [-0.25, -0.2) is 0 Å². The summed E-state index contributed by atoms with van der Waals surface area (Å²) in [6.07, 6.45) is 1.80. The topological polar surface area (TPSA) is 44.9 Å². The first-order valence-corrected chi connectivity index (χ1v) is 3.71. The fourth-order valence-electron chi connectivity index (χ4n) is 1.30. The van der Waals surface area contributed by atoms with Gasteiger partial charge in [-0.05, 0) is 24.3 Å². The zero-order chi connectivity index (χ0) is 8.55. The molecule has 2 N–H and O–H groups in total. The Morgan fingerprint density at radius 3 is 2.58 bits per heavy atom. The van der Waals surface area contributed by atoms with Gasteiger partial charge >= 0.3 is 7.12 Å². The highest BCUT2D eigenvalue weighted by molar-refractivity contribution is 6.57. The van der Waals surface area contributed by atoms with E-state index >= 15 is 0 Å². The maximum Gasteiger partial charge on any atom is 0.506 e. The summed E-state index contributed by atoms with van der Waals surface area (Å²) >= 11 is 0. The summed E-state index contributed by atoms with van der Waals surface area (Å²) in [5.41, 5.74) is 1.44. The van der Waals surface area contributed by atoms with E-state index in [4.69, 9.17) is 10.0 Å². The molecule has 0 saturated heterocycles. The summed E-state index contributed by atoms with van der Waals surface area (Å²) in [5, 5.41) is 17.9. The van der Waals surface area contributed by atoms with E-state index in [1.165, 1.54) is 0 Å². The minimum absolute atomic E-state index is 0.484. The maximum atomic E-state index is 8.97. The third-order valence-corrected chi connectivity index (χ3v) is 1.86. The number of pyridine rings is 1. The van der Waals surface area contributed by atoms with Crippen LogP contribution in [0.4, 0.5) is 0 Å². The van der Waals surface area contributed by atoms with E-state index in [2.05, 4.69) is 0 Å². The highest BCUT2D eigenvalue weighted by atomic mass is 16.4. The molecule has 12 heavy (non-hydrogen) atoms. The molecule has 0 aliphatic rings. The van der Waals surface area contributed by atoms with Crippen LogP contribution in [0.3, 0.4) is 0 Å². The highest BCUT2D eigenvalue weighted by Gasteiger charge is 2.13. The molecule has 2 heterocycles. The van der Waals surface area contributed by atoms with Crippen molar-refractivity contribution in [2.75, 3.05) is 0 Å². The van der Waals surface area contributed by atoms with E-state index in [-0.39, 0.29) is 0 Å². The molecule has 2 aromatic rings. The Morgan fingerprint density at radius 2 is 1.83 bits per heavy atom. The van der Waals surface area contributed by atoms with E-state index in [1.54, 1.807) is 22.7 Å². The molecule has 60 valence electrons. The second kappa shape index (κ2) is 2.66. The molecule has 0 radical (unpaired) electrons. The molecule has 0 fully saturated rings. The number of hydrogen-bond donors (Lipinski definition) is 2. The van der Waals surface area contributed by atoms with Crippen molar-refractivity contribution >= 4 is 18.2 Å². The minimum Gasteiger partial charge on any atom is -0.422 e. The van der Waals surface area contributed by atoms with Crippen LogP contribution in [0.25, 0.3) is 5.52 Å². The van der Waals surface area contributed by atoms with E-state index in [0.29, 0.717) is 5.59 Å². The molecule has 0 bridgehead atoms. The van der Waals surface area contributed by atoms with Crippen molar-refractivity contribution in [3.63, 3.8) is 0 Å². The Morgan fingerprint density at radius 1 is 1.08 bits per heavy atom. The maximum absolute atomic E-state index is 8.97. The Balaban J connectivity index is 2.73. The monoisotopic (exact) mass is 161 g/mol. The predicted octanol–water partition coefficient (Wildman–Crippen LogP) is -0.381. The van der Waals surface area contributed by atoms with Crippen molar-refractivity contribution in [3.8, 4) is 0 Å². The lowest BCUT2D eigenvalue weighted by Gasteiger charge is -2.03. The summed E-state index contributed by atoms with van der Waals surface area (Å²) in [6, 6.07) is 9.15. The molecule has 0 atom stereocenters. The van der Waals surface area contributed by atoms with Crippen LogP contribution in [0, 0.1) is 0 Å². The van der Waals surface area contributed by atoms with E-state index in [9.17, 15) is 0 Å². The Bertz CT molecular complexity index is 397. The number of nitrogens with zero attached hydrogens (tertiary/aromatic N) is 1. The van der Waals surface area contributed by atoms with Crippen LogP contribution in [0.15, 0.2) is 36.5 Å². The van der Waals surface area contributed by atoms with Gasteiger partial charge in [0.15, 0.2) is 0 Å². The van der Waals surface area contributed by atoms with E-state index in [0.717, 1.165) is 5.52 Å². The van der Waals surface area contributed by atoms with Crippen LogP contribution in [0.2, 0.25) is 0 Å². The van der Waals surface area contributed by atoms with Gasteiger partial charge in [0.1, 0.15) is 0 Å². The quantitative estimate of drug-likeness (QED) is 0.560. The van der Waals surface area contributed by atoms with Crippen molar-refractivity contribution in [2.24, 2.45) is 0 Å². The van der Waals surface area contributed by atoms with Gasteiger partial charge in [-0.2, -0.15) is 0 Å². The summed E-state index contributed by atoms with van der Waals surface area (Å²) in [4.78, 5) is 0. The number of hydrogen-bond acceptors (Lipinski definition) is 2. The van der Waals surface area contributed by atoms with E-state index in [1.807, 2.05) is 18.2 Å². The van der Waals surface area contributed by atoms with Gasteiger partial charge in [0.2, 0.25) is 0 Å². The van der Waals surface area contributed by atoms with Crippen molar-refractivity contribution in [1.29, 1.82) is 0 Å². The van der Waals surface area contributed by atoms with Crippen molar-refractivity contribution in [2.45, 2.75) is 0 Å². The number of aromatic nitrogens is 1. The van der Waals surface area contributed by atoms with Crippen LogP contribution in [0.1, 0.15) is 0 Å². The normalized spacial score (nSPS) is 10.5. The fourth-order valence-corrected chi connectivity index (χ4v) is 1.30. The average Bonchev–Trinajstić information content (AvgIpc) is 2.49. The highest BCUT2D eigenvalue weighted by Crippen LogP contribution is 2.01. The van der Waals surface area contributed by atoms with Gasteiger partial charge < -0.3 is 14.4 Å². The average molecular weight is 161 g/mol. The minimum atomic E-state index is -1.42. The van der Waals surface area contributed by atoms with Crippen LogP contribution in [-0.2, 0) is 0 Å². The molecule has 0 spiro atoms. The number of rotatable bonds is 1. The molecular formula is C8H8BNO2. The second-order valence-electron chi connectivity index (χ2n) is 2.63. The first kappa shape index (κ1) is 7.40. The summed E-state index contributed by atoms with van der Waals surface area (Å²) < 4.78 is 1.74. The smallest absolute Gasteiger partial charge is 0.422 e. The predicted molar refractivity (Wildman–Crippen MR) is 47.2 cm³/mol. The van der Waals surface area contributed by atoms with Gasteiger partial charge in [0.25, 0.3) is 0 Å². The standard InChI is InChI=1S/C8H8BNO2/c11-9(12)8-5-1-3-7-4-2-6-10(7)8/h1-6,11-12H. The van der Waals surface area contributed by atoms with Gasteiger partial charge in [-0.3, -0.25) is 0 Å². The summed E-state index contributed by atoms with van der Waals surface area (Å²) in [7, 11) is -1.42. The van der Waals surface area contributed by atoms with Gasteiger partial charge in [-0.1, -0.05) is 6.07 Å². The molecule has 0 aromatic carbocycles. The van der Waals surface area contributed by atoms with Crippen LogP contribution in [-0.4, -0.2) is 21.6 Å². The van der Waals surface area contributed by atoms with Crippen LogP contribution in [0.5, 0.6) is 0 Å². The Hall–Kier alpha value is -1.26. The largest absolute Gasteiger partial charge is 0.506 e. The zero-order valence-electron chi connectivity index (χ0n) is 6.38. The Labute approximate surface area is 70.0 Å². The van der Waals surface area contributed by atoms with Crippen molar-refractivity contribution < 1.29 is 10.0 Å². The fraction of sp³-hybridized carbons (Fsp3) is 0. The molecule has 0 aliphatic heterocycles. The third-order valence-electron chi connectivity index (χ3n) is 1.86. The molecule has 0 amide bonds. The molecule has 2 aromatic heterocycles. The lowest BCUT2D eigenvalue weighted by atomic mass is 9.85. The van der Waals surface area contributed by atoms with Crippen molar-refractivity contribution in [1.82, 2.24) is 4.40 Å². The molecular weight excluding hydrogens is 153 g/mol. The summed E-state index contributed by atoms with van der Waals surface area (Å²) in [5.74, 6) is 0. The zero-order valence-corrected chi connectivity index (χ0v) is 6.38. The first-order chi connectivity index (χ1) is 5.79. The molecule has 0 unspecified atom stereocenters.